The molecule has 1 aliphatic carbocycles. The van der Waals surface area contributed by atoms with Gasteiger partial charge in [0.1, 0.15) is 0 Å². The molecule has 2 aliphatic rings. The van der Waals surface area contributed by atoms with E-state index < -0.39 is 10.0 Å². The third kappa shape index (κ3) is 6.90. The molecule has 1 saturated carbocycles. The van der Waals surface area contributed by atoms with E-state index in [4.69, 9.17) is 11.6 Å². The van der Waals surface area contributed by atoms with Gasteiger partial charge in [0, 0.05) is 60.6 Å². The summed E-state index contributed by atoms with van der Waals surface area (Å²) < 4.78 is 25.0. The molecule has 3 aromatic rings. The molecule has 2 N–H and O–H groups in total. The highest BCUT2D eigenvalue weighted by Gasteiger charge is 2.29. The van der Waals surface area contributed by atoms with Gasteiger partial charge in [0.2, 0.25) is 15.9 Å². The van der Waals surface area contributed by atoms with Crippen molar-refractivity contribution >= 4 is 44.8 Å². The summed E-state index contributed by atoms with van der Waals surface area (Å²) in [4.78, 5) is 27.3. The normalized spacial score (nSPS) is 16.5. The number of benzene rings is 3. The summed E-state index contributed by atoms with van der Waals surface area (Å²) in [5.74, 6) is -0.0321. The van der Waals surface area contributed by atoms with E-state index in [0.29, 0.717) is 49.0 Å². The van der Waals surface area contributed by atoms with Crippen LogP contribution in [0.15, 0.2) is 60.7 Å². The Balaban J connectivity index is 1.20. The van der Waals surface area contributed by atoms with Gasteiger partial charge in [-0.25, -0.2) is 8.42 Å². The third-order valence-electron chi connectivity index (χ3n) is 7.42. The first-order chi connectivity index (χ1) is 19.1. The number of hydrogen-bond donors (Lipinski definition) is 2. The smallest absolute Gasteiger partial charge is 0.255 e. The predicted octanol–water partition coefficient (Wildman–Crippen LogP) is 4.99. The molecule has 2 fully saturated rings. The Morgan fingerprint density at radius 1 is 0.900 bits per heavy atom. The number of amides is 2. The number of rotatable bonds is 8. The highest BCUT2D eigenvalue weighted by atomic mass is 35.5. The number of halogens is 1. The fraction of sp³-hybridized carbons (Fsp3) is 0.333. The van der Waals surface area contributed by atoms with Crippen molar-refractivity contribution in [2.75, 3.05) is 43.1 Å². The molecule has 10 heteroatoms. The maximum Gasteiger partial charge on any atom is 0.255 e. The molecule has 1 heterocycles. The topological polar surface area (TPSA) is 98.8 Å². The first-order valence-electron chi connectivity index (χ1n) is 13.4. The summed E-state index contributed by atoms with van der Waals surface area (Å²) in [6.45, 7) is 4.83. The van der Waals surface area contributed by atoms with Gasteiger partial charge < -0.3 is 10.6 Å². The highest BCUT2D eigenvalue weighted by molar-refractivity contribution is 7.88. The Morgan fingerprint density at radius 2 is 1.55 bits per heavy atom. The molecule has 1 aliphatic heterocycles. The Hall–Kier alpha value is -3.24. The maximum atomic E-state index is 12.9. The lowest BCUT2D eigenvalue weighted by Gasteiger charge is -2.33. The summed E-state index contributed by atoms with van der Waals surface area (Å²) in [7, 11) is -3.17. The monoisotopic (exact) mass is 580 g/mol. The second-order valence-corrected chi connectivity index (χ2v) is 13.0. The molecule has 0 atom stereocenters. The summed E-state index contributed by atoms with van der Waals surface area (Å²) in [6.07, 6.45) is 3.15. The molecule has 0 bridgehead atoms. The van der Waals surface area contributed by atoms with E-state index in [1.807, 2.05) is 49.4 Å². The van der Waals surface area contributed by atoms with Gasteiger partial charge in [0.15, 0.2) is 0 Å². The van der Waals surface area contributed by atoms with Crippen molar-refractivity contribution in [3.63, 3.8) is 0 Å². The first-order valence-corrected chi connectivity index (χ1v) is 15.6. The zero-order valence-electron chi connectivity index (χ0n) is 22.6. The lowest BCUT2D eigenvalue weighted by atomic mass is 9.98. The molecule has 0 radical (unpaired) electrons. The lowest BCUT2D eigenvalue weighted by Crippen LogP contribution is -2.47. The van der Waals surface area contributed by atoms with Crippen molar-refractivity contribution in [1.29, 1.82) is 0 Å². The molecular formula is C30H33ClN4O4S. The van der Waals surface area contributed by atoms with Crippen molar-refractivity contribution in [3.05, 3.63) is 82.4 Å². The van der Waals surface area contributed by atoms with Gasteiger partial charge >= 0.3 is 0 Å². The Kier molecular flexibility index (Phi) is 8.28. The fourth-order valence-corrected chi connectivity index (χ4v) is 5.89. The molecular weight excluding hydrogens is 548 g/mol. The van der Waals surface area contributed by atoms with Gasteiger partial charge in [-0.2, -0.15) is 4.31 Å². The van der Waals surface area contributed by atoms with E-state index in [-0.39, 0.29) is 17.7 Å². The minimum absolute atomic E-state index is 0.0717. The van der Waals surface area contributed by atoms with Crippen LogP contribution < -0.4 is 10.6 Å². The van der Waals surface area contributed by atoms with E-state index in [1.165, 1.54) is 10.6 Å². The molecule has 0 aromatic heterocycles. The lowest BCUT2D eigenvalue weighted by molar-refractivity contribution is -0.117. The Labute approximate surface area is 240 Å². The van der Waals surface area contributed by atoms with Crippen molar-refractivity contribution in [2.45, 2.75) is 26.3 Å². The Bertz CT molecular complexity index is 1530. The second-order valence-electron chi connectivity index (χ2n) is 10.6. The molecule has 1 saturated heterocycles. The number of nitrogens with one attached hydrogen (secondary N) is 2. The third-order valence-corrected chi connectivity index (χ3v) is 9.07. The van der Waals surface area contributed by atoms with Crippen molar-refractivity contribution in [1.82, 2.24) is 9.21 Å². The number of anilines is 2. The zero-order chi connectivity index (χ0) is 28.4. The van der Waals surface area contributed by atoms with Crippen LogP contribution in [0.4, 0.5) is 11.4 Å². The fourth-order valence-electron chi connectivity index (χ4n) is 4.82. The number of hydrogen-bond acceptors (Lipinski definition) is 5. The van der Waals surface area contributed by atoms with Crippen LogP contribution in [0.1, 0.15) is 34.3 Å². The van der Waals surface area contributed by atoms with Crippen LogP contribution in [0.3, 0.4) is 0 Å². The van der Waals surface area contributed by atoms with Crippen molar-refractivity contribution in [2.24, 2.45) is 5.92 Å². The number of piperazine rings is 1. The second kappa shape index (κ2) is 11.7. The Morgan fingerprint density at radius 3 is 2.17 bits per heavy atom. The van der Waals surface area contributed by atoms with Crippen LogP contribution in [0.25, 0.3) is 11.1 Å². The number of aryl methyl sites for hydroxylation is 1. The number of carbonyl (C=O) groups excluding carboxylic acids is 2. The van der Waals surface area contributed by atoms with E-state index in [0.717, 1.165) is 40.8 Å². The molecule has 40 heavy (non-hydrogen) atoms. The van der Waals surface area contributed by atoms with Crippen molar-refractivity contribution < 1.29 is 18.0 Å². The minimum Gasteiger partial charge on any atom is -0.326 e. The van der Waals surface area contributed by atoms with Crippen LogP contribution in [0.5, 0.6) is 0 Å². The van der Waals surface area contributed by atoms with Crippen LogP contribution in [0, 0.1) is 12.8 Å². The van der Waals surface area contributed by atoms with Gasteiger partial charge in [-0.1, -0.05) is 35.9 Å². The molecule has 8 nitrogen and oxygen atoms in total. The SMILES string of the molecule is Cc1ccc(NC(=O)C2CC2)cc1-c1ccc(C(=O)Nc2ccc(CN3CCN(S(C)(=O)=O)CC3)c(Cl)c2)cc1. The standard InChI is InChI=1S/C30H33ClN4O4S/c1-20-3-11-25(32-29(36)23-8-9-23)17-27(20)21-4-6-22(7-5-21)30(37)33-26-12-10-24(28(31)18-26)19-34-13-15-35(16-14-34)40(2,38)39/h3-7,10-12,17-18,23H,8-9,13-16,19H2,1-2H3,(H,32,36)(H,33,37). The minimum atomic E-state index is -3.17. The van der Waals surface area contributed by atoms with Gasteiger partial charge in [-0.15, -0.1) is 0 Å². The molecule has 3 aromatic carbocycles. The highest BCUT2D eigenvalue weighted by Crippen LogP contribution is 2.32. The summed E-state index contributed by atoms with van der Waals surface area (Å²) >= 11 is 6.54. The first kappa shape index (κ1) is 28.3. The molecule has 210 valence electrons. The van der Waals surface area contributed by atoms with Crippen LogP contribution >= 0.6 is 11.6 Å². The average Bonchev–Trinajstić information content (AvgIpc) is 3.77. The summed E-state index contributed by atoms with van der Waals surface area (Å²) in [5.41, 5.74) is 5.84. The van der Waals surface area contributed by atoms with E-state index in [9.17, 15) is 18.0 Å². The van der Waals surface area contributed by atoms with E-state index in [1.54, 1.807) is 18.2 Å². The quantitative estimate of drug-likeness (QED) is 0.391. The van der Waals surface area contributed by atoms with Gasteiger partial charge in [0.25, 0.3) is 5.91 Å². The summed E-state index contributed by atoms with van der Waals surface area (Å²) in [5, 5.41) is 6.45. The van der Waals surface area contributed by atoms with Crippen LogP contribution in [0.2, 0.25) is 5.02 Å². The van der Waals surface area contributed by atoms with Gasteiger partial charge in [-0.05, 0) is 78.4 Å². The number of sulfonamides is 1. The molecule has 0 spiro atoms. The molecule has 5 rings (SSSR count). The summed E-state index contributed by atoms with van der Waals surface area (Å²) in [6, 6.07) is 18.7. The average molecular weight is 581 g/mol. The van der Waals surface area contributed by atoms with Gasteiger partial charge in [0.05, 0.1) is 6.26 Å². The van der Waals surface area contributed by atoms with Crippen LogP contribution in [-0.2, 0) is 21.4 Å². The maximum absolute atomic E-state index is 12.9. The van der Waals surface area contributed by atoms with Crippen molar-refractivity contribution in [3.8, 4) is 11.1 Å². The zero-order valence-corrected chi connectivity index (χ0v) is 24.2. The van der Waals surface area contributed by atoms with Crippen LogP contribution in [-0.4, -0.2) is 61.9 Å². The number of carbonyl (C=O) groups is 2. The van der Waals surface area contributed by atoms with E-state index in [2.05, 4.69) is 15.5 Å². The number of nitrogens with zero attached hydrogens (tertiary/aromatic N) is 2. The largest absolute Gasteiger partial charge is 0.326 e. The van der Waals surface area contributed by atoms with E-state index >= 15 is 0 Å². The predicted molar refractivity (Wildman–Crippen MR) is 159 cm³/mol. The molecule has 0 unspecified atom stereocenters. The molecule has 2 amide bonds. The van der Waals surface area contributed by atoms with Gasteiger partial charge in [-0.3, -0.25) is 14.5 Å².